The van der Waals surface area contributed by atoms with Gasteiger partial charge in [0.25, 0.3) is 0 Å². The lowest BCUT2D eigenvalue weighted by Gasteiger charge is -2.35. The zero-order chi connectivity index (χ0) is 18.2. The number of rotatable bonds is 2. The van der Waals surface area contributed by atoms with E-state index in [0.29, 0.717) is 5.92 Å². The Morgan fingerprint density at radius 2 is 1.96 bits per heavy atom. The highest BCUT2D eigenvalue weighted by atomic mass is 16.2. The molecule has 0 bridgehead atoms. The van der Waals surface area contributed by atoms with Crippen molar-refractivity contribution in [2.75, 3.05) is 19.6 Å². The maximum atomic E-state index is 13.1. The van der Waals surface area contributed by atoms with Gasteiger partial charge in [-0.05, 0) is 25.7 Å². The largest absolute Gasteiger partial charge is 0.348 e. The van der Waals surface area contributed by atoms with Gasteiger partial charge in [-0.1, -0.05) is 6.42 Å². The lowest BCUT2D eigenvalue weighted by molar-refractivity contribution is -0.135. The summed E-state index contributed by atoms with van der Waals surface area (Å²) < 4.78 is 2.35. The Hall–Kier alpha value is -2.22. The Balaban J connectivity index is 1.26. The van der Waals surface area contributed by atoms with E-state index < -0.39 is 0 Å². The van der Waals surface area contributed by atoms with Crippen LogP contribution in [-0.2, 0) is 24.2 Å². The number of piperidine rings is 1. The summed E-state index contributed by atoms with van der Waals surface area (Å²) in [5, 5.41) is 12.3. The lowest BCUT2D eigenvalue weighted by Crippen LogP contribution is -2.46. The van der Waals surface area contributed by atoms with E-state index in [2.05, 4.69) is 30.0 Å². The minimum absolute atomic E-state index is 0.154. The number of aromatic amines is 1. The Morgan fingerprint density at radius 1 is 1.07 bits per heavy atom. The van der Waals surface area contributed by atoms with Crippen molar-refractivity contribution >= 4 is 5.91 Å². The molecule has 0 aromatic carbocycles. The number of H-pyrrole nitrogens is 1. The highest BCUT2D eigenvalue weighted by Gasteiger charge is 2.35. The second-order valence-corrected chi connectivity index (χ2v) is 7.94. The zero-order valence-corrected chi connectivity index (χ0v) is 15.7. The van der Waals surface area contributed by atoms with E-state index in [9.17, 15) is 4.79 Å². The Bertz CT molecular complexity index is 818. The van der Waals surface area contributed by atoms with Crippen LogP contribution in [0.4, 0.5) is 0 Å². The van der Waals surface area contributed by atoms with E-state index in [1.165, 1.54) is 19.3 Å². The molecule has 1 saturated heterocycles. The molecule has 3 aliphatic rings. The van der Waals surface area contributed by atoms with Gasteiger partial charge in [-0.3, -0.25) is 4.79 Å². The first-order valence-corrected chi connectivity index (χ1v) is 10.3. The number of carbonyl (C=O) groups is 1. The molecule has 1 fully saturated rings. The van der Waals surface area contributed by atoms with E-state index in [-0.39, 0.29) is 11.9 Å². The molecule has 2 aromatic heterocycles. The maximum absolute atomic E-state index is 13.1. The number of nitrogens with one attached hydrogen (secondary N) is 2. The van der Waals surface area contributed by atoms with Crippen LogP contribution in [0, 0.1) is 0 Å². The molecule has 8 heteroatoms. The predicted molar refractivity (Wildman–Crippen MR) is 99.2 cm³/mol. The van der Waals surface area contributed by atoms with Crippen molar-refractivity contribution in [2.45, 2.75) is 63.5 Å². The molecule has 0 aliphatic carbocycles. The second kappa shape index (κ2) is 7.07. The molecule has 1 atom stereocenters. The molecular weight excluding hydrogens is 342 g/mol. The first-order chi connectivity index (χ1) is 13.3. The van der Waals surface area contributed by atoms with Crippen molar-refractivity contribution in [3.63, 3.8) is 0 Å². The smallest absolute Gasteiger partial charge is 0.246 e. The number of carbonyl (C=O) groups excluding carboxylic acids is 1. The topological polar surface area (TPSA) is 91.7 Å². The highest BCUT2D eigenvalue weighted by Crippen LogP contribution is 2.30. The summed E-state index contributed by atoms with van der Waals surface area (Å²) in [6.45, 7) is 3.42. The summed E-state index contributed by atoms with van der Waals surface area (Å²) >= 11 is 0. The van der Waals surface area contributed by atoms with Crippen molar-refractivity contribution in [1.82, 2.24) is 34.9 Å². The summed E-state index contributed by atoms with van der Waals surface area (Å²) in [5.74, 6) is 2.86. The van der Waals surface area contributed by atoms with Crippen LogP contribution in [0.15, 0.2) is 6.33 Å². The van der Waals surface area contributed by atoms with E-state index in [1.807, 2.05) is 4.90 Å². The van der Waals surface area contributed by atoms with E-state index in [4.69, 9.17) is 0 Å². The van der Waals surface area contributed by atoms with Crippen LogP contribution >= 0.6 is 0 Å². The number of fused-ring (bicyclic) bond motifs is 2. The van der Waals surface area contributed by atoms with Crippen LogP contribution in [0.3, 0.4) is 0 Å². The molecule has 1 unspecified atom stereocenters. The van der Waals surface area contributed by atoms with Crippen LogP contribution in [0.5, 0.6) is 0 Å². The standard InChI is InChI=1S/C19H27N7O/c27-19(17-16-14(5-8-20-17)21-12-22-16)25-10-6-13(7-11-25)18-24-23-15-4-2-1-3-9-26(15)18/h12-13,17,20H,1-11H2,(H,21,22). The summed E-state index contributed by atoms with van der Waals surface area (Å²) in [5.41, 5.74) is 1.96. The summed E-state index contributed by atoms with van der Waals surface area (Å²) in [4.78, 5) is 22.6. The molecule has 0 radical (unpaired) electrons. The minimum atomic E-state index is -0.305. The fraction of sp³-hybridized carbons (Fsp3) is 0.684. The number of likely N-dealkylation sites (tertiary alicyclic amines) is 1. The lowest BCUT2D eigenvalue weighted by atomic mass is 9.94. The summed E-state index contributed by atoms with van der Waals surface area (Å²) in [7, 11) is 0. The Labute approximate surface area is 158 Å². The third-order valence-electron chi connectivity index (χ3n) is 6.31. The first-order valence-electron chi connectivity index (χ1n) is 10.3. The quantitative estimate of drug-likeness (QED) is 0.833. The van der Waals surface area contributed by atoms with Gasteiger partial charge in [0, 0.05) is 50.6 Å². The number of amides is 1. The fourth-order valence-electron chi connectivity index (χ4n) is 4.77. The molecule has 3 aliphatic heterocycles. The number of hydrogen-bond donors (Lipinski definition) is 2. The van der Waals surface area contributed by atoms with Crippen molar-refractivity contribution in [1.29, 1.82) is 0 Å². The monoisotopic (exact) mass is 369 g/mol. The van der Waals surface area contributed by atoms with E-state index in [1.54, 1.807) is 6.33 Å². The molecule has 5 rings (SSSR count). The van der Waals surface area contributed by atoms with Gasteiger partial charge in [-0.15, -0.1) is 10.2 Å². The molecule has 0 saturated carbocycles. The van der Waals surface area contributed by atoms with Gasteiger partial charge in [0.15, 0.2) is 0 Å². The van der Waals surface area contributed by atoms with E-state index >= 15 is 0 Å². The maximum Gasteiger partial charge on any atom is 0.246 e. The van der Waals surface area contributed by atoms with Crippen molar-refractivity contribution in [2.24, 2.45) is 0 Å². The second-order valence-electron chi connectivity index (χ2n) is 7.94. The SMILES string of the molecule is O=C(C1NCCc2[nH]cnc21)N1CCC(c2nnc3n2CCCCC3)CC1. The van der Waals surface area contributed by atoms with Gasteiger partial charge >= 0.3 is 0 Å². The van der Waals surface area contributed by atoms with E-state index in [0.717, 1.165) is 74.9 Å². The van der Waals surface area contributed by atoms with Crippen molar-refractivity contribution in [3.05, 3.63) is 29.4 Å². The third-order valence-corrected chi connectivity index (χ3v) is 6.31. The molecule has 144 valence electrons. The van der Waals surface area contributed by atoms with Crippen LogP contribution in [0.1, 0.15) is 67.1 Å². The average molecular weight is 369 g/mol. The van der Waals surface area contributed by atoms with Crippen LogP contribution in [0.25, 0.3) is 0 Å². The molecule has 27 heavy (non-hydrogen) atoms. The first kappa shape index (κ1) is 16.9. The predicted octanol–water partition coefficient (Wildman–Crippen LogP) is 1.32. The van der Waals surface area contributed by atoms with Crippen molar-refractivity contribution in [3.8, 4) is 0 Å². The number of nitrogens with zero attached hydrogens (tertiary/aromatic N) is 5. The van der Waals surface area contributed by atoms with Crippen molar-refractivity contribution < 1.29 is 4.79 Å². The van der Waals surface area contributed by atoms with Gasteiger partial charge in [0.2, 0.25) is 5.91 Å². The minimum Gasteiger partial charge on any atom is -0.348 e. The molecular formula is C19H27N7O. The van der Waals surface area contributed by atoms with Gasteiger partial charge in [-0.2, -0.15) is 0 Å². The number of hydrogen-bond acceptors (Lipinski definition) is 5. The van der Waals surface area contributed by atoms with Crippen LogP contribution < -0.4 is 5.32 Å². The zero-order valence-electron chi connectivity index (χ0n) is 15.7. The molecule has 0 spiro atoms. The number of aryl methyl sites for hydroxylation is 1. The average Bonchev–Trinajstić information content (AvgIpc) is 3.28. The van der Waals surface area contributed by atoms with Crippen LogP contribution in [-0.4, -0.2) is 55.2 Å². The molecule has 2 aromatic rings. The van der Waals surface area contributed by atoms with Gasteiger partial charge in [0.1, 0.15) is 17.7 Å². The summed E-state index contributed by atoms with van der Waals surface area (Å²) in [6.07, 6.45) is 9.28. The normalized spacial score (nSPS) is 23.6. The molecule has 5 heterocycles. The third kappa shape index (κ3) is 3.05. The fourth-order valence-corrected chi connectivity index (χ4v) is 4.77. The van der Waals surface area contributed by atoms with Gasteiger partial charge < -0.3 is 19.8 Å². The summed E-state index contributed by atoms with van der Waals surface area (Å²) in [6, 6.07) is -0.305. The number of aromatic nitrogens is 5. The Kier molecular flexibility index (Phi) is 4.43. The number of imidazole rings is 1. The molecule has 8 nitrogen and oxygen atoms in total. The highest BCUT2D eigenvalue weighted by molar-refractivity contribution is 5.83. The van der Waals surface area contributed by atoms with Gasteiger partial charge in [0.05, 0.1) is 12.0 Å². The van der Waals surface area contributed by atoms with Gasteiger partial charge in [-0.25, -0.2) is 4.98 Å². The van der Waals surface area contributed by atoms with Crippen LogP contribution in [0.2, 0.25) is 0 Å². The molecule has 2 N–H and O–H groups in total. The Morgan fingerprint density at radius 3 is 2.85 bits per heavy atom. The molecule has 1 amide bonds.